The van der Waals surface area contributed by atoms with Crippen LogP contribution in [0.5, 0.6) is 0 Å². The molecule has 0 aliphatic heterocycles. The third-order valence-corrected chi connectivity index (χ3v) is 3.50. The van der Waals surface area contributed by atoms with Crippen molar-refractivity contribution < 1.29 is 19.6 Å². The topological polar surface area (TPSA) is 122 Å². The molecule has 23 heavy (non-hydrogen) atoms. The van der Waals surface area contributed by atoms with Gasteiger partial charge >= 0.3 is 12.0 Å². The predicted molar refractivity (Wildman–Crippen MR) is 85.7 cm³/mol. The van der Waals surface area contributed by atoms with E-state index in [1.54, 1.807) is 33.8 Å². The van der Waals surface area contributed by atoms with E-state index in [1.807, 2.05) is 0 Å². The van der Waals surface area contributed by atoms with Gasteiger partial charge in [0.1, 0.15) is 0 Å². The van der Waals surface area contributed by atoms with E-state index in [9.17, 15) is 19.7 Å². The summed E-state index contributed by atoms with van der Waals surface area (Å²) in [5, 5.41) is 25.0. The molecule has 0 unspecified atom stereocenters. The number of nitrogens with zero attached hydrogens (tertiary/aromatic N) is 1. The molecule has 2 amide bonds. The minimum Gasteiger partial charge on any atom is -0.481 e. The third kappa shape index (κ3) is 5.24. The lowest BCUT2D eigenvalue weighted by molar-refractivity contribution is -0.385. The molecule has 8 nitrogen and oxygen atoms in total. The molecule has 3 N–H and O–H groups in total. The zero-order valence-electron chi connectivity index (χ0n) is 13.6. The van der Waals surface area contributed by atoms with Crippen LogP contribution in [0.4, 0.5) is 16.2 Å². The third-order valence-electron chi connectivity index (χ3n) is 3.50. The Hall–Kier alpha value is -2.64. The van der Waals surface area contributed by atoms with Gasteiger partial charge in [-0.3, -0.25) is 14.9 Å². The van der Waals surface area contributed by atoms with Crippen molar-refractivity contribution in [2.75, 3.05) is 5.32 Å². The van der Waals surface area contributed by atoms with Gasteiger partial charge in [0.15, 0.2) is 0 Å². The van der Waals surface area contributed by atoms with Crippen LogP contribution in [0.25, 0.3) is 0 Å². The van der Waals surface area contributed by atoms with Gasteiger partial charge in [0, 0.05) is 18.0 Å². The maximum atomic E-state index is 12.1. The first-order valence-electron chi connectivity index (χ1n) is 7.09. The van der Waals surface area contributed by atoms with E-state index in [0.717, 1.165) is 0 Å². The molecule has 0 aliphatic carbocycles. The van der Waals surface area contributed by atoms with Crippen molar-refractivity contribution >= 4 is 23.4 Å². The van der Waals surface area contributed by atoms with Gasteiger partial charge in [0.05, 0.1) is 16.2 Å². The lowest BCUT2D eigenvalue weighted by atomic mass is 9.99. The number of aliphatic carboxylic acids is 1. The maximum absolute atomic E-state index is 12.1. The zero-order chi connectivity index (χ0) is 17.8. The number of nitrogens with one attached hydrogen (secondary N) is 2. The number of amides is 2. The SMILES string of the molecule is Cc1ccc([N+](=O)[O-])c(C)c1NC(=O)NC(C)(C)CCC(=O)O. The number of anilines is 1. The highest BCUT2D eigenvalue weighted by molar-refractivity contribution is 5.92. The number of hydrogen-bond donors (Lipinski definition) is 3. The van der Waals surface area contributed by atoms with Crippen LogP contribution in [-0.4, -0.2) is 27.6 Å². The summed E-state index contributed by atoms with van der Waals surface area (Å²) < 4.78 is 0. The molecule has 1 rings (SSSR count). The predicted octanol–water partition coefficient (Wildman–Crippen LogP) is 2.98. The van der Waals surface area contributed by atoms with Crippen LogP contribution in [-0.2, 0) is 4.79 Å². The van der Waals surface area contributed by atoms with Crippen molar-refractivity contribution in [3.05, 3.63) is 33.4 Å². The molecule has 0 saturated carbocycles. The average molecular weight is 323 g/mol. The number of hydrogen-bond acceptors (Lipinski definition) is 4. The number of carboxylic acids is 1. The van der Waals surface area contributed by atoms with Crippen LogP contribution in [0, 0.1) is 24.0 Å². The summed E-state index contributed by atoms with van der Waals surface area (Å²) in [7, 11) is 0. The minimum atomic E-state index is -0.939. The lowest BCUT2D eigenvalue weighted by Crippen LogP contribution is -2.46. The molecule has 1 aromatic rings. The van der Waals surface area contributed by atoms with Crippen LogP contribution >= 0.6 is 0 Å². The number of carbonyl (C=O) groups excluding carboxylic acids is 1. The number of nitro benzene ring substituents is 1. The lowest BCUT2D eigenvalue weighted by Gasteiger charge is -2.26. The van der Waals surface area contributed by atoms with Crippen molar-refractivity contribution in [1.29, 1.82) is 0 Å². The Morgan fingerprint density at radius 1 is 1.30 bits per heavy atom. The number of benzene rings is 1. The van der Waals surface area contributed by atoms with Crippen LogP contribution in [0.2, 0.25) is 0 Å². The first-order chi connectivity index (χ1) is 10.5. The van der Waals surface area contributed by atoms with Crippen LogP contribution < -0.4 is 10.6 Å². The zero-order valence-corrected chi connectivity index (χ0v) is 13.6. The molecule has 0 atom stereocenters. The van der Waals surface area contributed by atoms with Gasteiger partial charge in [0.25, 0.3) is 5.69 Å². The molecule has 1 aromatic carbocycles. The van der Waals surface area contributed by atoms with Gasteiger partial charge in [0.2, 0.25) is 0 Å². The van der Waals surface area contributed by atoms with Crippen molar-refractivity contribution in [3.8, 4) is 0 Å². The number of nitro groups is 1. The smallest absolute Gasteiger partial charge is 0.319 e. The molecule has 126 valence electrons. The number of carbonyl (C=O) groups is 2. The van der Waals surface area contributed by atoms with Crippen LogP contribution in [0.3, 0.4) is 0 Å². The van der Waals surface area contributed by atoms with Gasteiger partial charge in [-0.15, -0.1) is 0 Å². The highest BCUT2D eigenvalue weighted by Crippen LogP contribution is 2.28. The van der Waals surface area contributed by atoms with E-state index in [0.29, 0.717) is 16.8 Å². The molecular weight excluding hydrogens is 302 g/mol. The Kier molecular flexibility index (Phi) is 5.67. The van der Waals surface area contributed by atoms with E-state index in [2.05, 4.69) is 10.6 Å². The van der Waals surface area contributed by atoms with E-state index in [1.165, 1.54) is 6.07 Å². The monoisotopic (exact) mass is 323 g/mol. The van der Waals surface area contributed by atoms with E-state index in [4.69, 9.17) is 5.11 Å². The molecule has 0 fully saturated rings. The fraction of sp³-hybridized carbons (Fsp3) is 0.467. The summed E-state index contributed by atoms with van der Waals surface area (Å²) >= 11 is 0. The van der Waals surface area contributed by atoms with Crippen molar-refractivity contribution in [2.45, 2.75) is 46.1 Å². The number of rotatable bonds is 6. The number of carboxylic acid groups (broad SMARTS) is 1. The number of aryl methyl sites for hydroxylation is 1. The van der Waals surface area contributed by atoms with Gasteiger partial charge in [-0.25, -0.2) is 4.79 Å². The van der Waals surface area contributed by atoms with Gasteiger partial charge in [-0.2, -0.15) is 0 Å². The summed E-state index contributed by atoms with van der Waals surface area (Å²) in [6, 6.07) is 2.42. The highest BCUT2D eigenvalue weighted by atomic mass is 16.6. The highest BCUT2D eigenvalue weighted by Gasteiger charge is 2.23. The second-order valence-corrected chi connectivity index (χ2v) is 6.02. The summed E-state index contributed by atoms with van der Waals surface area (Å²) in [6.07, 6.45) is 0.199. The quantitative estimate of drug-likeness (QED) is 0.549. The second kappa shape index (κ2) is 7.08. The number of urea groups is 1. The minimum absolute atomic E-state index is 0.0673. The maximum Gasteiger partial charge on any atom is 0.319 e. The molecule has 0 heterocycles. The largest absolute Gasteiger partial charge is 0.481 e. The molecule has 8 heteroatoms. The molecule has 0 saturated heterocycles. The average Bonchev–Trinajstić information content (AvgIpc) is 2.40. The van der Waals surface area contributed by atoms with Crippen molar-refractivity contribution in [2.24, 2.45) is 0 Å². The Labute approximate surface area is 134 Å². The first-order valence-corrected chi connectivity index (χ1v) is 7.09. The van der Waals surface area contributed by atoms with E-state index >= 15 is 0 Å². The molecular formula is C15H21N3O5. The Morgan fingerprint density at radius 2 is 1.91 bits per heavy atom. The molecule has 0 aliphatic rings. The van der Waals surface area contributed by atoms with Gasteiger partial charge in [-0.05, 0) is 39.7 Å². The van der Waals surface area contributed by atoms with Crippen molar-refractivity contribution in [1.82, 2.24) is 5.32 Å². The fourth-order valence-electron chi connectivity index (χ4n) is 2.16. The Morgan fingerprint density at radius 3 is 2.43 bits per heavy atom. The van der Waals surface area contributed by atoms with Gasteiger partial charge in [-0.1, -0.05) is 6.07 Å². The Balaban J connectivity index is 2.87. The Bertz CT molecular complexity index is 640. The normalized spacial score (nSPS) is 11.0. The molecule has 0 bridgehead atoms. The standard InChI is InChI=1S/C15H21N3O5/c1-9-5-6-11(18(22)23)10(2)13(9)16-14(21)17-15(3,4)8-7-12(19)20/h5-6H,7-8H2,1-4H3,(H,19,20)(H2,16,17,21). The summed E-state index contributed by atoms with van der Waals surface area (Å²) in [5.74, 6) is -0.939. The summed E-state index contributed by atoms with van der Waals surface area (Å²) in [5.41, 5.74) is 0.659. The molecule has 0 spiro atoms. The fourth-order valence-corrected chi connectivity index (χ4v) is 2.16. The van der Waals surface area contributed by atoms with Crippen LogP contribution in [0.15, 0.2) is 12.1 Å². The van der Waals surface area contributed by atoms with E-state index < -0.39 is 22.5 Å². The van der Waals surface area contributed by atoms with E-state index in [-0.39, 0.29) is 18.5 Å². The van der Waals surface area contributed by atoms with Gasteiger partial charge < -0.3 is 15.7 Å². The summed E-state index contributed by atoms with van der Waals surface area (Å²) in [4.78, 5) is 33.2. The molecule has 0 radical (unpaired) electrons. The molecule has 0 aromatic heterocycles. The van der Waals surface area contributed by atoms with Crippen LogP contribution in [0.1, 0.15) is 37.8 Å². The summed E-state index contributed by atoms with van der Waals surface area (Å²) in [6.45, 7) is 6.73. The second-order valence-electron chi connectivity index (χ2n) is 6.02. The first kappa shape index (κ1) is 18.4. The van der Waals surface area contributed by atoms with Crippen molar-refractivity contribution in [3.63, 3.8) is 0 Å².